The zero-order chi connectivity index (χ0) is 13.1. The van der Waals surface area contributed by atoms with Gasteiger partial charge in [0, 0.05) is 19.6 Å². The quantitative estimate of drug-likeness (QED) is 0.750. The van der Waals surface area contributed by atoms with E-state index in [0.29, 0.717) is 12.8 Å². The summed E-state index contributed by atoms with van der Waals surface area (Å²) in [5.74, 6) is -2.00. The summed E-state index contributed by atoms with van der Waals surface area (Å²) in [6.07, 6.45) is -3.67. The fourth-order valence-electron chi connectivity index (χ4n) is 1.84. The maximum Gasteiger partial charge on any atom is 0.471 e. The normalized spacial score (nSPS) is 21.1. The van der Waals surface area contributed by atoms with Crippen LogP contribution in [-0.2, 0) is 4.79 Å². The number of carbonyl (C=O) groups is 2. The zero-order valence-electron chi connectivity index (χ0n) is 9.09. The first-order valence-electron chi connectivity index (χ1n) is 5.20. The average molecular weight is 253 g/mol. The first-order valence-corrected chi connectivity index (χ1v) is 5.20. The summed E-state index contributed by atoms with van der Waals surface area (Å²) in [6.45, 7) is 0.293. The van der Waals surface area contributed by atoms with Crippen LogP contribution in [-0.4, -0.2) is 42.6 Å². The molecule has 98 valence electrons. The molecule has 1 unspecified atom stereocenters. The standard InChI is InChI=1S/C9H14F3N3O2/c10-9(11,12)7(16)15-3-1-2-6(5-15)4-14-8(13)17/h6H,1-5H2,(H3,13,14,17). The Balaban J connectivity index is 2.49. The van der Waals surface area contributed by atoms with Crippen molar-refractivity contribution >= 4 is 11.9 Å². The lowest BCUT2D eigenvalue weighted by atomic mass is 9.98. The molecule has 0 aliphatic carbocycles. The fraction of sp³-hybridized carbons (Fsp3) is 0.778. The van der Waals surface area contributed by atoms with Gasteiger partial charge in [0.05, 0.1) is 0 Å². The first kappa shape index (κ1) is 13.6. The third kappa shape index (κ3) is 4.12. The van der Waals surface area contributed by atoms with E-state index in [2.05, 4.69) is 5.32 Å². The summed E-state index contributed by atoms with van der Waals surface area (Å²) < 4.78 is 36.6. The smallest absolute Gasteiger partial charge is 0.352 e. The Morgan fingerprint density at radius 1 is 1.41 bits per heavy atom. The van der Waals surface area contributed by atoms with E-state index in [9.17, 15) is 22.8 Å². The van der Waals surface area contributed by atoms with Gasteiger partial charge in [0.25, 0.3) is 0 Å². The molecule has 1 aliphatic heterocycles. The highest BCUT2D eigenvalue weighted by Crippen LogP contribution is 2.23. The van der Waals surface area contributed by atoms with Gasteiger partial charge in [-0.3, -0.25) is 4.79 Å². The van der Waals surface area contributed by atoms with Crippen LogP contribution in [0.5, 0.6) is 0 Å². The van der Waals surface area contributed by atoms with Crippen LogP contribution in [0.1, 0.15) is 12.8 Å². The molecule has 0 aromatic carbocycles. The van der Waals surface area contributed by atoms with Crippen molar-refractivity contribution in [3.63, 3.8) is 0 Å². The average Bonchev–Trinajstić information content (AvgIpc) is 2.24. The second-order valence-corrected chi connectivity index (χ2v) is 4.00. The minimum atomic E-state index is -4.83. The van der Waals surface area contributed by atoms with E-state index in [1.54, 1.807) is 0 Å². The molecule has 0 aromatic rings. The largest absolute Gasteiger partial charge is 0.471 e. The van der Waals surface area contributed by atoms with E-state index < -0.39 is 18.1 Å². The minimum absolute atomic E-state index is 0.00137. The Morgan fingerprint density at radius 3 is 2.59 bits per heavy atom. The highest BCUT2D eigenvalue weighted by Gasteiger charge is 2.43. The van der Waals surface area contributed by atoms with Crippen molar-refractivity contribution in [2.75, 3.05) is 19.6 Å². The molecule has 1 rings (SSSR count). The lowest BCUT2D eigenvalue weighted by Gasteiger charge is -2.33. The predicted molar refractivity (Wildman–Crippen MR) is 52.9 cm³/mol. The van der Waals surface area contributed by atoms with Crippen LogP contribution in [0.3, 0.4) is 0 Å². The van der Waals surface area contributed by atoms with Crippen LogP contribution in [0.2, 0.25) is 0 Å². The number of likely N-dealkylation sites (tertiary alicyclic amines) is 1. The minimum Gasteiger partial charge on any atom is -0.352 e. The Kier molecular flexibility index (Phi) is 4.19. The molecule has 1 aliphatic rings. The Bertz CT molecular complexity index is 306. The van der Waals surface area contributed by atoms with Gasteiger partial charge in [-0.15, -0.1) is 0 Å². The lowest BCUT2D eigenvalue weighted by Crippen LogP contribution is -2.48. The van der Waals surface area contributed by atoms with Gasteiger partial charge >= 0.3 is 18.1 Å². The van der Waals surface area contributed by atoms with Crippen molar-refractivity contribution < 1.29 is 22.8 Å². The second kappa shape index (κ2) is 5.24. The van der Waals surface area contributed by atoms with Gasteiger partial charge in [0.1, 0.15) is 0 Å². The summed E-state index contributed by atoms with van der Waals surface area (Å²) in [7, 11) is 0. The van der Waals surface area contributed by atoms with Crippen LogP contribution in [0.25, 0.3) is 0 Å². The van der Waals surface area contributed by atoms with Gasteiger partial charge < -0.3 is 16.0 Å². The number of nitrogens with two attached hydrogens (primary N) is 1. The maximum absolute atomic E-state index is 12.2. The van der Waals surface area contributed by atoms with Crippen molar-refractivity contribution in [2.45, 2.75) is 19.0 Å². The van der Waals surface area contributed by atoms with Crippen LogP contribution in [0, 0.1) is 5.92 Å². The van der Waals surface area contributed by atoms with Gasteiger partial charge in [-0.25, -0.2) is 4.79 Å². The summed E-state index contributed by atoms with van der Waals surface area (Å²) in [5.41, 5.74) is 4.86. The summed E-state index contributed by atoms with van der Waals surface area (Å²) in [5, 5.41) is 2.33. The van der Waals surface area contributed by atoms with E-state index in [1.165, 1.54) is 0 Å². The number of alkyl halides is 3. The first-order chi connectivity index (χ1) is 7.80. The fourth-order valence-corrected chi connectivity index (χ4v) is 1.84. The van der Waals surface area contributed by atoms with Crippen LogP contribution < -0.4 is 11.1 Å². The number of hydrogen-bond acceptors (Lipinski definition) is 2. The van der Waals surface area contributed by atoms with E-state index >= 15 is 0 Å². The molecule has 3 N–H and O–H groups in total. The molecule has 17 heavy (non-hydrogen) atoms. The Morgan fingerprint density at radius 2 is 2.06 bits per heavy atom. The molecule has 5 nitrogen and oxygen atoms in total. The van der Waals surface area contributed by atoms with Gasteiger partial charge in [-0.1, -0.05) is 0 Å². The van der Waals surface area contributed by atoms with Gasteiger partial charge in [0.15, 0.2) is 0 Å². The van der Waals surface area contributed by atoms with Gasteiger partial charge in [-0.2, -0.15) is 13.2 Å². The molecule has 0 bridgehead atoms. The number of nitrogens with one attached hydrogen (secondary N) is 1. The van der Waals surface area contributed by atoms with E-state index in [-0.39, 0.29) is 25.6 Å². The third-order valence-electron chi connectivity index (χ3n) is 2.61. The van der Waals surface area contributed by atoms with E-state index in [1.807, 2.05) is 0 Å². The highest BCUT2D eigenvalue weighted by molar-refractivity contribution is 5.82. The number of urea groups is 1. The van der Waals surface area contributed by atoms with Crippen LogP contribution in [0.15, 0.2) is 0 Å². The van der Waals surface area contributed by atoms with Crippen molar-refractivity contribution in [1.29, 1.82) is 0 Å². The van der Waals surface area contributed by atoms with Crippen LogP contribution in [0.4, 0.5) is 18.0 Å². The molecular weight excluding hydrogens is 239 g/mol. The molecule has 0 spiro atoms. The number of carbonyl (C=O) groups excluding carboxylic acids is 2. The molecular formula is C9H14F3N3O2. The van der Waals surface area contributed by atoms with Crippen molar-refractivity contribution in [3.8, 4) is 0 Å². The maximum atomic E-state index is 12.2. The third-order valence-corrected chi connectivity index (χ3v) is 2.61. The van der Waals surface area contributed by atoms with Crippen LogP contribution >= 0.6 is 0 Å². The molecule has 1 heterocycles. The summed E-state index contributed by atoms with van der Waals surface area (Å²) in [6, 6.07) is -0.718. The Hall–Kier alpha value is -1.47. The van der Waals surface area contributed by atoms with Crippen molar-refractivity contribution in [3.05, 3.63) is 0 Å². The number of rotatable bonds is 2. The molecule has 0 aromatic heterocycles. The van der Waals surface area contributed by atoms with Gasteiger partial charge in [-0.05, 0) is 18.8 Å². The molecule has 1 fully saturated rings. The second-order valence-electron chi connectivity index (χ2n) is 4.00. The number of nitrogens with zero attached hydrogens (tertiary/aromatic N) is 1. The van der Waals surface area contributed by atoms with E-state index in [0.717, 1.165) is 4.90 Å². The Labute approximate surface area is 96.1 Å². The number of piperidine rings is 1. The monoisotopic (exact) mass is 253 g/mol. The van der Waals surface area contributed by atoms with Crippen molar-refractivity contribution in [1.82, 2.24) is 10.2 Å². The molecule has 8 heteroatoms. The molecule has 1 saturated heterocycles. The van der Waals surface area contributed by atoms with Gasteiger partial charge in [0.2, 0.25) is 0 Å². The summed E-state index contributed by atoms with van der Waals surface area (Å²) >= 11 is 0. The topological polar surface area (TPSA) is 75.4 Å². The predicted octanol–water partition coefficient (Wildman–Crippen LogP) is 0.456. The molecule has 1 atom stereocenters. The number of halogens is 3. The zero-order valence-corrected chi connectivity index (χ0v) is 9.09. The molecule has 0 radical (unpaired) electrons. The molecule has 3 amide bonds. The number of primary amides is 1. The molecule has 0 saturated carbocycles. The SMILES string of the molecule is NC(=O)NCC1CCCN(C(=O)C(F)(F)F)C1. The van der Waals surface area contributed by atoms with E-state index in [4.69, 9.17) is 5.73 Å². The van der Waals surface area contributed by atoms with Crippen molar-refractivity contribution in [2.24, 2.45) is 11.7 Å². The lowest BCUT2D eigenvalue weighted by molar-refractivity contribution is -0.187. The summed E-state index contributed by atoms with van der Waals surface area (Å²) in [4.78, 5) is 22.2. The highest BCUT2D eigenvalue weighted by atomic mass is 19.4. The number of amides is 3. The number of hydrogen-bond donors (Lipinski definition) is 2.